The molecular weight excluding hydrogens is 1100 g/mol. The highest BCUT2D eigenvalue weighted by Crippen LogP contribution is 2.50. The average molecular weight is 1180 g/mol. The van der Waals surface area contributed by atoms with Crippen molar-refractivity contribution in [2.45, 2.75) is 180 Å². The van der Waals surface area contributed by atoms with E-state index in [0.29, 0.717) is 39.0 Å². The normalized spacial score (nSPS) is 25.5. The number of aliphatic hydroxyl groups is 1. The molecule has 83 heavy (non-hydrogen) atoms. The number of carbonyl (C=O) groups is 10. The number of ether oxygens (including phenoxy) is 4. The van der Waals surface area contributed by atoms with Crippen LogP contribution in [0.15, 0.2) is 54.1 Å². The van der Waals surface area contributed by atoms with Crippen molar-refractivity contribution in [3.05, 3.63) is 81.4 Å². The summed E-state index contributed by atoms with van der Waals surface area (Å²) in [5, 5.41) is 20.9. The van der Waals surface area contributed by atoms with Crippen molar-refractivity contribution in [2.75, 3.05) is 30.9 Å². The number of amides is 7. The summed E-state index contributed by atoms with van der Waals surface area (Å²) in [6, 6.07) is 6.88. The Morgan fingerprint density at radius 1 is 0.952 bits per heavy atom. The second-order valence-electron chi connectivity index (χ2n) is 22.9. The molecule has 4 heterocycles. The monoisotopic (exact) mass is 1170 g/mol. The number of primary amides is 1. The third-order valence-corrected chi connectivity index (χ3v) is 16.4. The van der Waals surface area contributed by atoms with Gasteiger partial charge in [0, 0.05) is 83.2 Å². The maximum Gasteiger partial charge on any atom is 0.412 e. The highest BCUT2D eigenvalue weighted by atomic mass is 35.5. The number of epoxide rings is 1. The first-order valence-corrected chi connectivity index (χ1v) is 28.5. The van der Waals surface area contributed by atoms with Crippen LogP contribution in [0.4, 0.5) is 21.0 Å². The zero-order chi connectivity index (χ0) is 61.1. The third-order valence-electron chi connectivity index (χ3n) is 15.9. The van der Waals surface area contributed by atoms with E-state index in [9.17, 15) is 53.1 Å². The first-order chi connectivity index (χ1) is 39.1. The van der Waals surface area contributed by atoms with E-state index in [2.05, 4.69) is 16.0 Å². The highest BCUT2D eigenvalue weighted by Gasteiger charge is 2.64. The number of benzene rings is 2. The number of esters is 1. The number of nitrogens with one attached hydrogen (secondary N) is 3. The summed E-state index contributed by atoms with van der Waals surface area (Å²) in [7, 11) is 3.04. The van der Waals surface area contributed by atoms with Gasteiger partial charge >= 0.3 is 24.1 Å². The lowest BCUT2D eigenvalue weighted by molar-refractivity contribution is -0.197. The van der Waals surface area contributed by atoms with Gasteiger partial charge in [-0.2, -0.15) is 0 Å². The van der Waals surface area contributed by atoms with Crippen LogP contribution in [-0.2, 0) is 75.0 Å². The molecule has 6 rings (SSSR count). The minimum absolute atomic E-state index is 0.00800. The number of aryl methyl sites for hydroxylation is 2. The minimum atomic E-state index is -1.63. The molecule has 3 saturated heterocycles. The molecule has 22 nitrogen and oxygen atoms in total. The number of imide groups is 1. The van der Waals surface area contributed by atoms with Crippen molar-refractivity contribution in [2.24, 2.45) is 23.5 Å². The molecule has 0 saturated carbocycles. The summed E-state index contributed by atoms with van der Waals surface area (Å²) in [5.74, 6) is -5.85. The molecule has 452 valence electrons. The minimum Gasteiger partial charge on any atom is -0.462 e. The Hall–Kier alpha value is -7.01. The Morgan fingerprint density at radius 2 is 1.65 bits per heavy atom. The number of rotatable bonds is 21. The first kappa shape index (κ1) is 65.1. The molecule has 0 unspecified atom stereocenters. The van der Waals surface area contributed by atoms with E-state index in [0.717, 1.165) is 16.7 Å². The van der Waals surface area contributed by atoms with E-state index >= 15 is 0 Å². The molecule has 23 heteroatoms. The zero-order valence-corrected chi connectivity index (χ0v) is 49.5. The Morgan fingerprint density at radius 3 is 2.31 bits per heavy atom. The number of fused-ring (bicyclic) bond motifs is 5. The second kappa shape index (κ2) is 28.5. The molecule has 2 aromatic carbocycles. The van der Waals surface area contributed by atoms with Crippen molar-refractivity contribution in [1.29, 1.82) is 0 Å². The van der Waals surface area contributed by atoms with Gasteiger partial charge in [-0.1, -0.05) is 74.4 Å². The SMILES string of the molecule is CO[C@@H]1/C=C/C=C(\C)Cc2cc(C)c(Cl)c(c2)N(C)C(=O)C[C@H](OC(=O)Nc2ccc(CC(=O)[C@H](CCCNC(N)=O)NC(=O)[C@@H](CC(=O)CCCCC(=O)ON3C(=O)CCC3=O)C(C)C)cc2C)[C@]2(C)O[C@H]2[C@H](C)[C@@H]2C[C@@]1(O)CC(=O)O2. The number of allylic oxidation sites excluding steroid dienone is 3. The summed E-state index contributed by atoms with van der Waals surface area (Å²) in [5.41, 5.74) is 6.75. The second-order valence-corrected chi connectivity index (χ2v) is 23.3. The molecule has 0 aliphatic carbocycles. The Labute approximate surface area is 488 Å². The summed E-state index contributed by atoms with van der Waals surface area (Å²) in [4.78, 5) is 136. The number of carbonyl (C=O) groups excluding carboxylic acids is 10. The number of urea groups is 1. The first-order valence-electron chi connectivity index (χ1n) is 28.2. The van der Waals surface area contributed by atoms with Crippen LogP contribution in [-0.4, -0.2) is 132 Å². The molecule has 0 radical (unpaired) electrons. The standard InChI is InChI=1S/C60H79ClN6O16/c1-33(2)41(29-40(68)15-10-11-18-52(73)83-67-49(70)21-22-50(67)71)56(75)64-43(16-13-23-63-57(62)76)45(69)28-38-19-20-42(35(4)25-38)65-58(77)81-48-30-51(72)66(8)44-27-39(26-36(5)54(44)61)24-34(3)14-12-17-47(79-9)60(78)31-46(80-53(74)32-60)37(6)55-59(48,7)82-55/h12,14,17,19-20,25-27,33,37,41,43,46-48,55,78H,10-11,13,15-16,18,21-24,28-32H2,1-9H3,(H,64,75)(H,65,77)(H3,62,63,76)/b17-12+,34-14+/t37-,41+,43+,46+,47-,48+,55+,59+,60-/m1/s1. The average Bonchev–Trinajstić information content (AvgIpc) is 1.92. The number of nitrogens with two attached hydrogens (primary N) is 1. The fraction of sp³-hybridized carbons (Fsp3) is 0.567. The number of halogens is 1. The van der Waals surface area contributed by atoms with Crippen LogP contribution in [0.25, 0.3) is 0 Å². The topological polar surface area (TPSA) is 309 Å². The predicted octanol–water partition coefficient (Wildman–Crippen LogP) is 6.67. The van der Waals surface area contributed by atoms with Gasteiger partial charge in [-0.3, -0.25) is 38.9 Å². The van der Waals surface area contributed by atoms with Gasteiger partial charge < -0.3 is 50.2 Å². The quantitative estimate of drug-likeness (QED) is 0.0377. The van der Waals surface area contributed by atoms with Crippen LogP contribution in [0.1, 0.15) is 134 Å². The Bertz CT molecular complexity index is 2880. The number of methoxy groups -OCH3 is 1. The Kier molecular flexibility index (Phi) is 22.4. The van der Waals surface area contributed by atoms with Crippen molar-refractivity contribution in [3.63, 3.8) is 0 Å². The fourth-order valence-electron chi connectivity index (χ4n) is 11.0. The molecule has 6 N–H and O–H groups in total. The van der Waals surface area contributed by atoms with Crippen molar-refractivity contribution < 1.29 is 76.8 Å². The van der Waals surface area contributed by atoms with Crippen LogP contribution in [0.3, 0.4) is 0 Å². The lowest BCUT2D eigenvalue weighted by Gasteiger charge is -2.41. The van der Waals surface area contributed by atoms with Gasteiger partial charge in [0.1, 0.15) is 35.3 Å². The van der Waals surface area contributed by atoms with Gasteiger partial charge in [0.25, 0.3) is 11.8 Å². The molecule has 0 aromatic heterocycles. The number of unbranched alkanes of at least 4 members (excludes halogenated alkanes) is 1. The van der Waals surface area contributed by atoms with Gasteiger partial charge in [0.05, 0.1) is 35.7 Å². The number of Topliss-reactive ketones (excluding diaryl/α,β-unsaturated/α-hetero) is 2. The summed E-state index contributed by atoms with van der Waals surface area (Å²) in [6.45, 7) is 12.7. The van der Waals surface area contributed by atoms with Crippen molar-refractivity contribution >= 4 is 82.2 Å². The molecule has 4 bridgehead atoms. The molecule has 7 amide bonds. The third kappa shape index (κ3) is 17.3. The molecule has 2 aromatic rings. The van der Waals surface area contributed by atoms with Gasteiger partial charge in [0.15, 0.2) is 5.78 Å². The predicted molar refractivity (Wildman–Crippen MR) is 304 cm³/mol. The summed E-state index contributed by atoms with van der Waals surface area (Å²) in [6.07, 6.45) is 1.11. The van der Waals surface area contributed by atoms with Gasteiger partial charge in [0.2, 0.25) is 11.8 Å². The van der Waals surface area contributed by atoms with Crippen LogP contribution in [0.5, 0.6) is 0 Å². The number of hydrogen-bond acceptors (Lipinski definition) is 16. The number of hydroxylamine groups is 2. The summed E-state index contributed by atoms with van der Waals surface area (Å²) < 4.78 is 24.1. The van der Waals surface area contributed by atoms with E-state index < -0.39 is 101 Å². The van der Waals surface area contributed by atoms with Crippen LogP contribution in [0.2, 0.25) is 5.02 Å². The highest BCUT2D eigenvalue weighted by molar-refractivity contribution is 6.34. The summed E-state index contributed by atoms with van der Waals surface area (Å²) >= 11 is 6.86. The van der Waals surface area contributed by atoms with Crippen LogP contribution < -0.4 is 26.6 Å². The molecule has 4 aliphatic heterocycles. The number of anilines is 2. The van der Waals surface area contributed by atoms with E-state index in [-0.39, 0.29) is 107 Å². The molecule has 3 fully saturated rings. The Balaban J connectivity index is 1.14. The lowest BCUT2D eigenvalue weighted by atomic mass is 9.78. The van der Waals surface area contributed by atoms with Gasteiger partial charge in [-0.05, 0) is 100 Å². The maximum atomic E-state index is 14.4. The van der Waals surface area contributed by atoms with E-state index in [1.165, 1.54) is 12.0 Å². The number of ketones is 2. The van der Waals surface area contributed by atoms with Crippen molar-refractivity contribution in [3.8, 4) is 0 Å². The van der Waals surface area contributed by atoms with E-state index in [1.807, 2.05) is 32.1 Å². The van der Waals surface area contributed by atoms with Crippen LogP contribution >= 0.6 is 11.6 Å². The van der Waals surface area contributed by atoms with Crippen molar-refractivity contribution in [1.82, 2.24) is 15.7 Å². The molecule has 0 spiro atoms. The lowest BCUT2D eigenvalue weighted by Crippen LogP contribution is -2.53. The number of nitrogens with zero attached hydrogens (tertiary/aromatic N) is 2. The maximum absolute atomic E-state index is 14.4. The van der Waals surface area contributed by atoms with E-state index in [1.54, 1.807) is 72.0 Å². The van der Waals surface area contributed by atoms with Gasteiger partial charge in [-0.25, -0.2) is 14.4 Å². The smallest absolute Gasteiger partial charge is 0.412 e. The number of hydrogen-bond donors (Lipinski definition) is 5. The van der Waals surface area contributed by atoms with Gasteiger partial charge in [-0.15, -0.1) is 5.06 Å². The fourth-order valence-corrected chi connectivity index (χ4v) is 11.2. The molecular formula is C60H79ClN6O16. The largest absolute Gasteiger partial charge is 0.462 e. The molecule has 4 aliphatic rings. The zero-order valence-electron chi connectivity index (χ0n) is 48.8. The molecule has 9 atom stereocenters. The van der Waals surface area contributed by atoms with Crippen LogP contribution in [0, 0.1) is 31.6 Å². The van der Waals surface area contributed by atoms with E-state index in [4.69, 9.17) is 41.1 Å².